The maximum Gasteiger partial charge on any atom is 0.253 e. The van der Waals surface area contributed by atoms with Crippen molar-refractivity contribution in [3.63, 3.8) is 0 Å². The average Bonchev–Trinajstić information content (AvgIpc) is 2.86. The number of nitrogens with zero attached hydrogens (tertiary/aromatic N) is 3. The van der Waals surface area contributed by atoms with Crippen molar-refractivity contribution in [1.29, 1.82) is 0 Å². The number of hydrogen-bond acceptors (Lipinski definition) is 6. The van der Waals surface area contributed by atoms with E-state index in [0.29, 0.717) is 62.8 Å². The first-order valence-corrected chi connectivity index (χ1v) is 12.7. The first kappa shape index (κ1) is 27.5. The summed E-state index contributed by atoms with van der Waals surface area (Å²) in [5.41, 5.74) is 1.51. The third-order valence-electron chi connectivity index (χ3n) is 6.25. The highest BCUT2D eigenvalue weighted by molar-refractivity contribution is 5.95. The molecule has 1 saturated heterocycles. The van der Waals surface area contributed by atoms with Crippen molar-refractivity contribution in [2.45, 2.75) is 40.2 Å². The molecule has 2 aromatic rings. The summed E-state index contributed by atoms with van der Waals surface area (Å²) >= 11 is 0. The number of nitrogens with one attached hydrogen (secondary N) is 1. The fourth-order valence-corrected chi connectivity index (χ4v) is 4.58. The SMILES string of the molecule is CCOc1cc(C(=O)N2CCC(C(=O)NCC(C)(C)CN(C)C)CC2)ccc1OCc1cccnc1. The Kier molecular flexibility index (Phi) is 9.70. The first-order chi connectivity index (χ1) is 17.2. The molecule has 8 nitrogen and oxygen atoms in total. The van der Waals surface area contributed by atoms with Gasteiger partial charge in [0, 0.05) is 55.6 Å². The second-order valence-electron chi connectivity index (χ2n) is 10.4. The molecule has 1 N–H and O–H groups in total. The number of pyridine rings is 1. The Morgan fingerprint density at radius 1 is 1.14 bits per heavy atom. The van der Waals surface area contributed by atoms with E-state index in [9.17, 15) is 9.59 Å². The smallest absolute Gasteiger partial charge is 0.253 e. The molecule has 0 atom stereocenters. The number of amides is 2. The largest absolute Gasteiger partial charge is 0.490 e. The topological polar surface area (TPSA) is 84.0 Å². The Morgan fingerprint density at radius 2 is 1.89 bits per heavy atom. The Morgan fingerprint density at radius 3 is 2.53 bits per heavy atom. The van der Waals surface area contributed by atoms with Gasteiger partial charge in [-0.25, -0.2) is 0 Å². The third-order valence-corrected chi connectivity index (χ3v) is 6.25. The molecule has 2 heterocycles. The van der Waals surface area contributed by atoms with Crippen molar-refractivity contribution in [3.8, 4) is 11.5 Å². The van der Waals surface area contributed by atoms with Gasteiger partial charge in [-0.2, -0.15) is 0 Å². The van der Waals surface area contributed by atoms with Gasteiger partial charge in [0.25, 0.3) is 5.91 Å². The Hall–Kier alpha value is -3.13. The average molecular weight is 497 g/mol. The summed E-state index contributed by atoms with van der Waals surface area (Å²) in [6.07, 6.45) is 4.80. The van der Waals surface area contributed by atoms with Crippen LogP contribution in [0, 0.1) is 11.3 Å². The lowest BCUT2D eigenvalue weighted by atomic mass is 9.91. The van der Waals surface area contributed by atoms with Gasteiger partial charge in [0.15, 0.2) is 11.5 Å². The quantitative estimate of drug-likeness (QED) is 0.512. The van der Waals surface area contributed by atoms with E-state index >= 15 is 0 Å². The summed E-state index contributed by atoms with van der Waals surface area (Å²) in [4.78, 5) is 34.0. The molecule has 0 bridgehead atoms. The van der Waals surface area contributed by atoms with E-state index in [4.69, 9.17) is 9.47 Å². The molecular formula is C28H40N4O4. The molecule has 0 aliphatic carbocycles. The Balaban J connectivity index is 1.55. The number of aromatic nitrogens is 1. The number of benzene rings is 1. The van der Waals surface area contributed by atoms with Gasteiger partial charge in [0.05, 0.1) is 6.61 Å². The summed E-state index contributed by atoms with van der Waals surface area (Å²) < 4.78 is 11.7. The van der Waals surface area contributed by atoms with E-state index in [1.807, 2.05) is 38.1 Å². The highest BCUT2D eigenvalue weighted by Gasteiger charge is 2.29. The van der Waals surface area contributed by atoms with Crippen LogP contribution in [0.1, 0.15) is 49.5 Å². The van der Waals surface area contributed by atoms with Crippen molar-refractivity contribution in [3.05, 3.63) is 53.9 Å². The van der Waals surface area contributed by atoms with Crippen LogP contribution >= 0.6 is 0 Å². The predicted molar refractivity (Wildman–Crippen MR) is 140 cm³/mol. The zero-order valence-corrected chi connectivity index (χ0v) is 22.3. The Bertz CT molecular complexity index is 1000. The minimum absolute atomic E-state index is 0.00194. The lowest BCUT2D eigenvalue weighted by molar-refractivity contribution is -0.126. The minimum Gasteiger partial charge on any atom is -0.490 e. The maximum atomic E-state index is 13.2. The fraction of sp³-hybridized carbons (Fsp3) is 0.536. The molecule has 0 radical (unpaired) electrons. The van der Waals surface area contributed by atoms with Crippen molar-refractivity contribution in [1.82, 2.24) is 20.1 Å². The number of carbonyl (C=O) groups excluding carboxylic acids is 2. The molecule has 3 rings (SSSR count). The van der Waals surface area contributed by atoms with E-state index in [-0.39, 0.29) is 23.1 Å². The Labute approximate surface area is 215 Å². The molecule has 8 heteroatoms. The van der Waals surface area contributed by atoms with Gasteiger partial charge in [-0.3, -0.25) is 14.6 Å². The normalized spacial score (nSPS) is 14.6. The van der Waals surface area contributed by atoms with Crippen molar-refractivity contribution in [2.24, 2.45) is 11.3 Å². The number of ether oxygens (including phenoxy) is 2. The van der Waals surface area contributed by atoms with Crippen LogP contribution in [0.4, 0.5) is 0 Å². The first-order valence-electron chi connectivity index (χ1n) is 12.7. The zero-order chi connectivity index (χ0) is 26.1. The summed E-state index contributed by atoms with van der Waals surface area (Å²) in [6, 6.07) is 9.11. The van der Waals surface area contributed by atoms with Gasteiger partial charge in [-0.05, 0) is 63.5 Å². The van der Waals surface area contributed by atoms with Gasteiger partial charge >= 0.3 is 0 Å². The van der Waals surface area contributed by atoms with Crippen LogP contribution in [-0.4, -0.2) is 73.5 Å². The highest BCUT2D eigenvalue weighted by Crippen LogP contribution is 2.30. The molecular weight excluding hydrogens is 456 g/mol. The highest BCUT2D eigenvalue weighted by atomic mass is 16.5. The molecule has 1 aromatic carbocycles. The van der Waals surface area contributed by atoms with Crippen LogP contribution in [-0.2, 0) is 11.4 Å². The molecule has 1 fully saturated rings. The van der Waals surface area contributed by atoms with E-state index in [2.05, 4.69) is 29.0 Å². The summed E-state index contributed by atoms with van der Waals surface area (Å²) in [5.74, 6) is 1.10. The van der Waals surface area contributed by atoms with Crippen LogP contribution < -0.4 is 14.8 Å². The third kappa shape index (κ3) is 7.95. The van der Waals surface area contributed by atoms with Gasteiger partial charge in [0.1, 0.15) is 6.61 Å². The summed E-state index contributed by atoms with van der Waals surface area (Å²) in [6.45, 7) is 9.69. The van der Waals surface area contributed by atoms with Crippen LogP contribution in [0.2, 0.25) is 0 Å². The number of carbonyl (C=O) groups is 2. The van der Waals surface area contributed by atoms with Crippen LogP contribution in [0.25, 0.3) is 0 Å². The van der Waals surface area contributed by atoms with Crippen molar-refractivity contribution >= 4 is 11.8 Å². The van der Waals surface area contributed by atoms with Gasteiger partial charge in [0.2, 0.25) is 5.91 Å². The lowest BCUT2D eigenvalue weighted by Crippen LogP contribution is -2.46. The summed E-state index contributed by atoms with van der Waals surface area (Å²) in [7, 11) is 4.08. The predicted octanol–water partition coefficient (Wildman–Crippen LogP) is 3.62. The van der Waals surface area contributed by atoms with Crippen molar-refractivity contribution < 1.29 is 19.1 Å². The monoisotopic (exact) mass is 496 g/mol. The molecule has 2 amide bonds. The molecule has 1 aliphatic rings. The maximum absolute atomic E-state index is 13.2. The molecule has 1 aliphatic heterocycles. The number of hydrogen-bond donors (Lipinski definition) is 1. The lowest BCUT2D eigenvalue weighted by Gasteiger charge is -2.33. The standard InChI is InChI=1S/C28H40N4O4/c1-6-35-25-16-23(9-10-24(25)36-18-21-8-7-13-29-17-21)27(34)32-14-11-22(12-15-32)26(33)30-19-28(2,3)20-31(4)5/h7-10,13,16-17,22H,6,11-12,14-15,18-20H2,1-5H3,(H,30,33). The zero-order valence-electron chi connectivity index (χ0n) is 22.3. The van der Waals surface area contributed by atoms with Gasteiger partial charge in [-0.1, -0.05) is 19.9 Å². The van der Waals surface area contributed by atoms with Crippen molar-refractivity contribution in [2.75, 3.05) is 46.9 Å². The number of rotatable bonds is 11. The number of piperidine rings is 1. The minimum atomic E-state index is -0.0635. The van der Waals surface area contributed by atoms with E-state index in [1.54, 1.807) is 30.6 Å². The number of likely N-dealkylation sites (tertiary alicyclic amines) is 1. The van der Waals surface area contributed by atoms with Crippen LogP contribution in [0.3, 0.4) is 0 Å². The second kappa shape index (κ2) is 12.7. The molecule has 0 spiro atoms. The summed E-state index contributed by atoms with van der Waals surface area (Å²) in [5, 5.41) is 3.12. The van der Waals surface area contributed by atoms with E-state index in [1.165, 1.54) is 0 Å². The van der Waals surface area contributed by atoms with E-state index < -0.39 is 0 Å². The van der Waals surface area contributed by atoms with E-state index in [0.717, 1.165) is 12.1 Å². The molecule has 1 aromatic heterocycles. The molecule has 36 heavy (non-hydrogen) atoms. The molecule has 0 saturated carbocycles. The van der Waals surface area contributed by atoms with Gasteiger partial charge in [-0.15, -0.1) is 0 Å². The fourth-order valence-electron chi connectivity index (χ4n) is 4.58. The molecule has 0 unspecified atom stereocenters. The van der Waals surface area contributed by atoms with Gasteiger partial charge < -0.3 is 24.6 Å². The molecule has 196 valence electrons. The van der Waals surface area contributed by atoms with Crippen LogP contribution in [0.15, 0.2) is 42.7 Å². The second-order valence-corrected chi connectivity index (χ2v) is 10.4. The van der Waals surface area contributed by atoms with Crippen LogP contribution in [0.5, 0.6) is 11.5 Å².